The van der Waals surface area contributed by atoms with E-state index >= 15 is 0 Å². The summed E-state index contributed by atoms with van der Waals surface area (Å²) in [4.78, 5) is 1.05. The molecule has 0 bridgehead atoms. The average Bonchev–Trinajstić information content (AvgIpc) is 2.23. The normalized spacial score (nSPS) is 10.1. The van der Waals surface area contributed by atoms with Crippen LogP contribution >= 0.6 is 12.6 Å². The molecule has 0 N–H and O–H groups in total. The van der Waals surface area contributed by atoms with Crippen LogP contribution in [0, 0.1) is 6.92 Å². The van der Waals surface area contributed by atoms with Gasteiger partial charge in [0.15, 0.2) is 0 Å². The second kappa shape index (κ2) is 3.89. The second-order valence-corrected chi connectivity index (χ2v) is 3.80. The summed E-state index contributed by atoms with van der Waals surface area (Å²) >= 11 is 4.42. The summed E-state index contributed by atoms with van der Waals surface area (Å²) in [5.74, 6) is 0. The Labute approximate surface area is 90.0 Å². The Bertz CT molecular complexity index is 432. The monoisotopic (exact) mass is 200 g/mol. The SMILES string of the molecule is Cc1c(S)cccc1-c1ccccc1. The predicted octanol–water partition coefficient (Wildman–Crippen LogP) is 3.95. The molecular formula is C13H12S. The van der Waals surface area contributed by atoms with Gasteiger partial charge in [-0.15, -0.1) is 12.6 Å². The zero-order valence-electron chi connectivity index (χ0n) is 8.07. The Morgan fingerprint density at radius 1 is 0.857 bits per heavy atom. The molecule has 14 heavy (non-hydrogen) atoms. The molecule has 0 aliphatic heterocycles. The van der Waals surface area contributed by atoms with Gasteiger partial charge in [-0.3, -0.25) is 0 Å². The van der Waals surface area contributed by atoms with E-state index in [2.05, 4.69) is 49.9 Å². The molecule has 0 spiro atoms. The van der Waals surface area contributed by atoms with Crippen molar-refractivity contribution in [3.05, 3.63) is 54.1 Å². The summed E-state index contributed by atoms with van der Waals surface area (Å²) in [6.07, 6.45) is 0. The second-order valence-electron chi connectivity index (χ2n) is 3.32. The van der Waals surface area contributed by atoms with Crippen LogP contribution in [0.15, 0.2) is 53.4 Å². The van der Waals surface area contributed by atoms with Crippen molar-refractivity contribution in [2.75, 3.05) is 0 Å². The predicted molar refractivity (Wildman–Crippen MR) is 63.9 cm³/mol. The van der Waals surface area contributed by atoms with E-state index in [9.17, 15) is 0 Å². The Balaban J connectivity index is 2.58. The van der Waals surface area contributed by atoms with Crippen molar-refractivity contribution in [3.8, 4) is 11.1 Å². The van der Waals surface area contributed by atoms with Crippen LogP contribution in [0.2, 0.25) is 0 Å². The fourth-order valence-corrected chi connectivity index (χ4v) is 1.76. The molecule has 0 fully saturated rings. The maximum absolute atomic E-state index is 4.42. The highest BCUT2D eigenvalue weighted by Crippen LogP contribution is 2.26. The highest BCUT2D eigenvalue weighted by atomic mass is 32.1. The topological polar surface area (TPSA) is 0 Å². The Morgan fingerprint density at radius 2 is 1.57 bits per heavy atom. The molecule has 2 aromatic rings. The van der Waals surface area contributed by atoms with E-state index in [4.69, 9.17) is 0 Å². The van der Waals surface area contributed by atoms with Crippen LogP contribution in [0.1, 0.15) is 5.56 Å². The van der Waals surface area contributed by atoms with Crippen molar-refractivity contribution in [2.45, 2.75) is 11.8 Å². The zero-order valence-corrected chi connectivity index (χ0v) is 8.96. The van der Waals surface area contributed by atoms with Crippen molar-refractivity contribution in [1.29, 1.82) is 0 Å². The highest BCUT2D eigenvalue weighted by Gasteiger charge is 2.02. The molecule has 70 valence electrons. The fourth-order valence-electron chi connectivity index (χ4n) is 1.55. The van der Waals surface area contributed by atoms with Gasteiger partial charge in [-0.25, -0.2) is 0 Å². The minimum absolute atomic E-state index is 1.05. The number of thiol groups is 1. The summed E-state index contributed by atoms with van der Waals surface area (Å²) in [5.41, 5.74) is 3.75. The molecule has 0 heterocycles. The van der Waals surface area contributed by atoms with Crippen molar-refractivity contribution >= 4 is 12.6 Å². The van der Waals surface area contributed by atoms with Crippen molar-refractivity contribution in [3.63, 3.8) is 0 Å². The largest absolute Gasteiger partial charge is 0.143 e. The molecule has 2 rings (SSSR count). The van der Waals surface area contributed by atoms with Gasteiger partial charge in [0.2, 0.25) is 0 Å². The minimum atomic E-state index is 1.05. The lowest BCUT2D eigenvalue weighted by Gasteiger charge is -2.07. The van der Waals surface area contributed by atoms with Gasteiger partial charge in [-0.05, 0) is 29.7 Å². The van der Waals surface area contributed by atoms with Gasteiger partial charge in [0.1, 0.15) is 0 Å². The van der Waals surface area contributed by atoms with E-state index < -0.39 is 0 Å². The van der Waals surface area contributed by atoms with Gasteiger partial charge in [-0.2, -0.15) is 0 Å². The van der Waals surface area contributed by atoms with Gasteiger partial charge in [0.25, 0.3) is 0 Å². The number of benzene rings is 2. The molecule has 0 saturated carbocycles. The first-order valence-electron chi connectivity index (χ1n) is 4.63. The lowest BCUT2D eigenvalue weighted by Crippen LogP contribution is -1.83. The van der Waals surface area contributed by atoms with Gasteiger partial charge >= 0.3 is 0 Å². The third kappa shape index (κ3) is 1.68. The van der Waals surface area contributed by atoms with Gasteiger partial charge in [0.05, 0.1) is 0 Å². The standard InChI is InChI=1S/C13H12S/c1-10-12(8-5-9-13(10)14)11-6-3-2-4-7-11/h2-9,14H,1H3. The number of hydrogen-bond donors (Lipinski definition) is 1. The van der Waals surface area contributed by atoms with Crippen molar-refractivity contribution < 1.29 is 0 Å². The molecule has 1 heteroatoms. The summed E-state index contributed by atoms with van der Waals surface area (Å²) < 4.78 is 0. The molecule has 0 aliphatic carbocycles. The summed E-state index contributed by atoms with van der Waals surface area (Å²) in [6.45, 7) is 2.10. The molecule has 0 radical (unpaired) electrons. The summed E-state index contributed by atoms with van der Waals surface area (Å²) in [5, 5.41) is 0. The Hall–Kier alpha value is -1.21. The van der Waals surface area contributed by atoms with Crippen LogP contribution < -0.4 is 0 Å². The molecule has 0 saturated heterocycles. The van der Waals surface area contributed by atoms with Crippen LogP contribution in [0.25, 0.3) is 11.1 Å². The molecule has 0 aliphatic rings. The molecule has 0 unspecified atom stereocenters. The third-order valence-electron chi connectivity index (χ3n) is 2.39. The smallest absolute Gasteiger partial charge is 0.00754 e. The lowest BCUT2D eigenvalue weighted by atomic mass is 10.0. The molecule has 0 amide bonds. The van der Waals surface area contributed by atoms with Crippen LogP contribution in [-0.2, 0) is 0 Å². The third-order valence-corrected chi connectivity index (χ3v) is 2.87. The Morgan fingerprint density at radius 3 is 2.29 bits per heavy atom. The van der Waals surface area contributed by atoms with Crippen molar-refractivity contribution in [2.24, 2.45) is 0 Å². The molecule has 2 aromatic carbocycles. The van der Waals surface area contributed by atoms with Gasteiger partial charge in [0, 0.05) is 4.90 Å². The van der Waals surface area contributed by atoms with E-state index in [1.54, 1.807) is 0 Å². The molecular weight excluding hydrogens is 188 g/mol. The first-order chi connectivity index (χ1) is 6.79. The van der Waals surface area contributed by atoms with E-state index in [0.29, 0.717) is 0 Å². The van der Waals surface area contributed by atoms with E-state index in [1.165, 1.54) is 16.7 Å². The van der Waals surface area contributed by atoms with Crippen LogP contribution in [0.3, 0.4) is 0 Å². The first kappa shape index (κ1) is 9.35. The van der Waals surface area contributed by atoms with Crippen LogP contribution in [0.4, 0.5) is 0 Å². The summed E-state index contributed by atoms with van der Waals surface area (Å²) in [6, 6.07) is 16.6. The van der Waals surface area contributed by atoms with E-state index in [0.717, 1.165) is 4.90 Å². The quantitative estimate of drug-likeness (QED) is 0.662. The van der Waals surface area contributed by atoms with Crippen molar-refractivity contribution in [1.82, 2.24) is 0 Å². The zero-order chi connectivity index (χ0) is 9.97. The Kier molecular flexibility index (Phi) is 2.60. The number of hydrogen-bond acceptors (Lipinski definition) is 1. The van der Waals surface area contributed by atoms with E-state index in [1.807, 2.05) is 18.2 Å². The average molecular weight is 200 g/mol. The first-order valence-corrected chi connectivity index (χ1v) is 5.08. The maximum atomic E-state index is 4.42. The van der Waals surface area contributed by atoms with Crippen LogP contribution in [0.5, 0.6) is 0 Å². The molecule has 0 atom stereocenters. The number of rotatable bonds is 1. The summed E-state index contributed by atoms with van der Waals surface area (Å²) in [7, 11) is 0. The van der Waals surface area contributed by atoms with Gasteiger partial charge in [-0.1, -0.05) is 42.5 Å². The van der Waals surface area contributed by atoms with Gasteiger partial charge < -0.3 is 0 Å². The highest BCUT2D eigenvalue weighted by molar-refractivity contribution is 7.80. The molecule has 0 nitrogen and oxygen atoms in total. The van der Waals surface area contributed by atoms with Crippen LogP contribution in [-0.4, -0.2) is 0 Å². The maximum Gasteiger partial charge on any atom is 0.00754 e. The lowest BCUT2D eigenvalue weighted by molar-refractivity contribution is 1.31. The fraction of sp³-hybridized carbons (Fsp3) is 0.0769. The minimum Gasteiger partial charge on any atom is -0.143 e. The van der Waals surface area contributed by atoms with E-state index in [-0.39, 0.29) is 0 Å². The molecule has 0 aromatic heterocycles.